The molecule has 2 aliphatic heterocycles. The lowest BCUT2D eigenvalue weighted by atomic mass is 9.97. The van der Waals surface area contributed by atoms with Crippen LogP contribution in [0.15, 0.2) is 12.2 Å². The molecule has 1 amide bonds. The van der Waals surface area contributed by atoms with Crippen molar-refractivity contribution in [3.63, 3.8) is 0 Å². The zero-order chi connectivity index (χ0) is 36.9. The zero-order valence-corrected chi connectivity index (χ0v) is 30.1. The van der Waals surface area contributed by atoms with Crippen LogP contribution in [-0.4, -0.2) is 140 Å². The number of hydrogen-bond donors (Lipinski definition) is 9. The molecule has 0 aromatic rings. The summed E-state index contributed by atoms with van der Waals surface area (Å²) in [7, 11) is 0. The molecular formula is C36H67NO13. The molecule has 50 heavy (non-hydrogen) atoms. The summed E-state index contributed by atoms with van der Waals surface area (Å²) < 4.78 is 22.3. The first kappa shape index (κ1) is 44.9. The van der Waals surface area contributed by atoms with Crippen LogP contribution in [0.4, 0.5) is 0 Å². The molecule has 2 fully saturated rings. The van der Waals surface area contributed by atoms with Crippen molar-refractivity contribution in [1.82, 2.24) is 5.32 Å². The van der Waals surface area contributed by atoms with Gasteiger partial charge in [0.1, 0.15) is 48.8 Å². The van der Waals surface area contributed by atoms with Gasteiger partial charge >= 0.3 is 0 Å². The van der Waals surface area contributed by atoms with Gasteiger partial charge in [0, 0.05) is 6.42 Å². The van der Waals surface area contributed by atoms with Crippen LogP contribution < -0.4 is 5.32 Å². The fourth-order valence-electron chi connectivity index (χ4n) is 6.21. The van der Waals surface area contributed by atoms with Crippen molar-refractivity contribution in [2.24, 2.45) is 0 Å². The molecule has 14 nitrogen and oxygen atoms in total. The maximum Gasteiger partial charge on any atom is 0.220 e. The molecule has 0 radical (unpaired) electrons. The predicted octanol–water partition coefficient (Wildman–Crippen LogP) is 1.31. The fourth-order valence-corrected chi connectivity index (χ4v) is 6.21. The predicted molar refractivity (Wildman–Crippen MR) is 185 cm³/mol. The number of aliphatic hydroxyl groups is 8. The number of allylic oxidation sites excluding steroid dienone is 1. The smallest absolute Gasteiger partial charge is 0.220 e. The van der Waals surface area contributed by atoms with Crippen LogP contribution in [0, 0.1) is 0 Å². The van der Waals surface area contributed by atoms with Gasteiger partial charge < -0.3 is 65.1 Å². The minimum Gasteiger partial charge on any atom is -0.394 e. The molecule has 0 bridgehead atoms. The van der Waals surface area contributed by atoms with Gasteiger partial charge in [-0.05, 0) is 19.3 Å². The molecule has 0 spiro atoms. The third-order valence-electron chi connectivity index (χ3n) is 9.47. The van der Waals surface area contributed by atoms with Crippen LogP contribution in [-0.2, 0) is 23.7 Å². The minimum absolute atomic E-state index is 0.257. The third-order valence-corrected chi connectivity index (χ3v) is 9.47. The highest BCUT2D eigenvalue weighted by Crippen LogP contribution is 2.29. The van der Waals surface area contributed by atoms with Gasteiger partial charge in [-0.15, -0.1) is 0 Å². The van der Waals surface area contributed by atoms with Crippen LogP contribution in [0.1, 0.15) is 117 Å². The number of aliphatic hydroxyl groups excluding tert-OH is 8. The maximum absolute atomic E-state index is 12.6. The summed E-state index contributed by atoms with van der Waals surface area (Å²) in [5.74, 6) is -0.278. The van der Waals surface area contributed by atoms with Gasteiger partial charge in [-0.25, -0.2) is 0 Å². The van der Waals surface area contributed by atoms with E-state index in [0.717, 1.165) is 25.7 Å². The van der Waals surface area contributed by atoms with E-state index < -0.39 is 86.8 Å². The first-order chi connectivity index (χ1) is 24.1. The first-order valence-corrected chi connectivity index (χ1v) is 18.9. The largest absolute Gasteiger partial charge is 0.394 e. The Labute approximate surface area is 297 Å². The van der Waals surface area contributed by atoms with E-state index in [1.54, 1.807) is 6.08 Å². The Morgan fingerprint density at radius 3 is 1.82 bits per heavy atom. The Hall–Kier alpha value is -1.27. The average molecular weight is 722 g/mol. The quantitative estimate of drug-likeness (QED) is 0.0454. The second-order valence-electron chi connectivity index (χ2n) is 13.7. The summed E-state index contributed by atoms with van der Waals surface area (Å²) in [6.45, 7) is 2.48. The van der Waals surface area contributed by atoms with E-state index in [2.05, 4.69) is 12.2 Å². The Morgan fingerprint density at radius 2 is 1.24 bits per heavy atom. The second-order valence-corrected chi connectivity index (χ2v) is 13.7. The van der Waals surface area contributed by atoms with Crippen LogP contribution in [0.25, 0.3) is 0 Å². The summed E-state index contributed by atoms with van der Waals surface area (Å²) in [6.07, 6.45) is 4.07. The van der Waals surface area contributed by atoms with Crippen molar-refractivity contribution in [2.75, 3.05) is 19.8 Å². The van der Waals surface area contributed by atoms with Gasteiger partial charge in [-0.3, -0.25) is 4.79 Å². The van der Waals surface area contributed by atoms with Gasteiger partial charge in [0.05, 0.1) is 32.0 Å². The third kappa shape index (κ3) is 15.4. The Bertz CT molecular complexity index is 909. The first-order valence-electron chi connectivity index (χ1n) is 18.9. The van der Waals surface area contributed by atoms with E-state index in [4.69, 9.17) is 18.9 Å². The van der Waals surface area contributed by atoms with E-state index in [1.165, 1.54) is 64.2 Å². The van der Waals surface area contributed by atoms with E-state index >= 15 is 0 Å². The highest BCUT2D eigenvalue weighted by Gasteiger charge is 2.50. The molecule has 0 aromatic heterocycles. The van der Waals surface area contributed by atoms with Crippen LogP contribution in [0.2, 0.25) is 0 Å². The molecule has 12 unspecified atom stereocenters. The molecule has 12 atom stereocenters. The number of hydrogen-bond acceptors (Lipinski definition) is 13. The monoisotopic (exact) mass is 721 g/mol. The number of nitrogens with one attached hydrogen (secondary N) is 1. The summed E-state index contributed by atoms with van der Waals surface area (Å²) in [4.78, 5) is 12.6. The van der Waals surface area contributed by atoms with Crippen LogP contribution >= 0.6 is 0 Å². The molecular weight excluding hydrogens is 654 g/mol. The van der Waals surface area contributed by atoms with Crippen molar-refractivity contribution >= 4 is 5.91 Å². The molecule has 0 aromatic carbocycles. The number of rotatable bonds is 26. The molecule has 2 saturated heterocycles. The summed E-state index contributed by atoms with van der Waals surface area (Å²) in [5.41, 5.74) is 0. The van der Waals surface area contributed by atoms with Crippen LogP contribution in [0.3, 0.4) is 0 Å². The molecule has 294 valence electrons. The second kappa shape index (κ2) is 25.7. The summed E-state index contributed by atoms with van der Waals surface area (Å²) in [5, 5.41) is 85.4. The number of carbonyl (C=O) groups excluding carboxylic acids is 1. The SMILES string of the molecule is CCCCCCCCCCCCCC/C=C/C(O)C(COC1OC(CO)C(OC2OC(CO)C(O)C(O)C2O)C(O)C1O)NC(=O)CCCC. The van der Waals surface area contributed by atoms with Gasteiger partial charge in [-0.1, -0.05) is 103 Å². The molecule has 0 saturated carbocycles. The average Bonchev–Trinajstić information content (AvgIpc) is 3.11. The van der Waals surface area contributed by atoms with Crippen molar-refractivity contribution in [3.05, 3.63) is 12.2 Å². The number of carbonyl (C=O) groups is 1. The van der Waals surface area contributed by atoms with Gasteiger partial charge in [0.15, 0.2) is 12.6 Å². The number of unbranched alkanes of at least 4 members (excludes halogenated alkanes) is 13. The molecule has 2 heterocycles. The minimum atomic E-state index is -1.78. The molecule has 9 N–H and O–H groups in total. The maximum atomic E-state index is 12.6. The highest BCUT2D eigenvalue weighted by molar-refractivity contribution is 5.76. The summed E-state index contributed by atoms with van der Waals surface area (Å²) in [6, 6.07) is -0.902. The van der Waals surface area contributed by atoms with Gasteiger partial charge in [-0.2, -0.15) is 0 Å². The Balaban J connectivity index is 1.88. The molecule has 14 heteroatoms. The molecule has 2 aliphatic rings. The fraction of sp³-hybridized carbons (Fsp3) is 0.917. The topological polar surface area (TPSA) is 228 Å². The van der Waals surface area contributed by atoms with Gasteiger partial charge in [0.2, 0.25) is 5.91 Å². The van der Waals surface area contributed by atoms with Gasteiger partial charge in [0.25, 0.3) is 0 Å². The van der Waals surface area contributed by atoms with Crippen molar-refractivity contribution in [3.8, 4) is 0 Å². The lowest BCUT2D eigenvalue weighted by Crippen LogP contribution is -2.65. The Kier molecular flexibility index (Phi) is 23.0. The lowest BCUT2D eigenvalue weighted by Gasteiger charge is -2.46. The van der Waals surface area contributed by atoms with E-state index in [1.807, 2.05) is 13.0 Å². The van der Waals surface area contributed by atoms with E-state index in [-0.39, 0.29) is 18.9 Å². The normalized spacial score (nSPS) is 31.6. The van der Waals surface area contributed by atoms with Crippen molar-refractivity contribution in [1.29, 1.82) is 0 Å². The van der Waals surface area contributed by atoms with Crippen molar-refractivity contribution in [2.45, 2.75) is 190 Å². The zero-order valence-electron chi connectivity index (χ0n) is 30.1. The molecule has 2 rings (SSSR count). The molecule has 0 aliphatic carbocycles. The standard InChI is InChI=1S/C36H67NO13/c1-3-5-7-8-9-10-11-12-13-14-15-16-17-18-19-25(40)24(37-28(41)20-6-4-2)23-47-35-33(46)31(44)34(27(22-39)49-35)50-36-32(45)30(43)29(42)26(21-38)48-36/h18-19,24-27,29-36,38-40,42-46H,3-17,20-23H2,1-2H3,(H,37,41)/b19-18+. The lowest BCUT2D eigenvalue weighted by molar-refractivity contribution is -0.359. The highest BCUT2D eigenvalue weighted by atomic mass is 16.7. The number of amides is 1. The van der Waals surface area contributed by atoms with E-state index in [0.29, 0.717) is 6.42 Å². The van der Waals surface area contributed by atoms with Crippen molar-refractivity contribution < 1.29 is 64.6 Å². The summed E-state index contributed by atoms with van der Waals surface area (Å²) >= 11 is 0. The number of ether oxygens (including phenoxy) is 4. The van der Waals surface area contributed by atoms with Crippen LogP contribution in [0.5, 0.6) is 0 Å². The van der Waals surface area contributed by atoms with E-state index in [9.17, 15) is 45.6 Å². The Morgan fingerprint density at radius 1 is 0.700 bits per heavy atom.